The van der Waals surface area contributed by atoms with Gasteiger partial charge in [0.05, 0.1) is 5.92 Å². The fourth-order valence-electron chi connectivity index (χ4n) is 9.01. The molecule has 5 nitrogen and oxygen atoms in total. The second-order valence-corrected chi connectivity index (χ2v) is 14.2. The Bertz CT molecular complexity index is 1110. The molecule has 0 aromatic heterocycles. The molecule has 7 atom stereocenters. The highest BCUT2D eigenvalue weighted by Crippen LogP contribution is 2.72. The zero-order chi connectivity index (χ0) is 28.4. The summed E-state index contributed by atoms with van der Waals surface area (Å²) in [5.74, 6) is -1.21. The van der Waals surface area contributed by atoms with E-state index in [1.807, 2.05) is 0 Å². The van der Waals surface area contributed by atoms with Crippen molar-refractivity contribution in [1.29, 1.82) is 0 Å². The smallest absolute Gasteiger partial charge is 0.306 e. The fourth-order valence-corrected chi connectivity index (χ4v) is 9.01. The summed E-state index contributed by atoms with van der Waals surface area (Å²) >= 11 is 0. The van der Waals surface area contributed by atoms with Crippen LogP contribution in [-0.4, -0.2) is 28.9 Å². The Morgan fingerprint density at radius 2 is 1.79 bits per heavy atom. The Morgan fingerprint density at radius 3 is 2.37 bits per heavy atom. The number of aliphatic carboxylic acids is 1. The third-order valence-corrected chi connectivity index (χ3v) is 11.7. The minimum Gasteiger partial charge on any atom is -0.481 e. The van der Waals surface area contributed by atoms with Gasteiger partial charge in [0.2, 0.25) is 0 Å². The van der Waals surface area contributed by atoms with Crippen LogP contribution in [0.1, 0.15) is 100 Å². The minimum atomic E-state index is -0.818. The van der Waals surface area contributed by atoms with Crippen molar-refractivity contribution in [2.24, 2.45) is 45.3 Å². The second-order valence-electron chi connectivity index (χ2n) is 14.2. The van der Waals surface area contributed by atoms with Crippen LogP contribution in [0.2, 0.25) is 0 Å². The van der Waals surface area contributed by atoms with Crippen LogP contribution in [-0.2, 0) is 19.1 Å². The molecule has 0 aromatic rings. The molecule has 0 spiro atoms. The Morgan fingerprint density at radius 1 is 1.13 bits per heavy atom. The summed E-state index contributed by atoms with van der Waals surface area (Å²) in [6.07, 6.45) is 9.04. The molecule has 0 bridgehead atoms. The predicted octanol–water partition coefficient (Wildman–Crippen LogP) is 7.32. The second kappa shape index (κ2) is 9.48. The van der Waals surface area contributed by atoms with Gasteiger partial charge in [-0.1, -0.05) is 72.8 Å². The number of ketones is 1. The number of ether oxygens (including phenoxy) is 1. The molecule has 0 saturated heterocycles. The van der Waals surface area contributed by atoms with Gasteiger partial charge in [-0.25, -0.2) is 0 Å². The van der Waals surface area contributed by atoms with Crippen molar-refractivity contribution in [3.8, 4) is 0 Å². The van der Waals surface area contributed by atoms with Gasteiger partial charge in [-0.05, 0) is 72.3 Å². The Labute approximate surface area is 229 Å². The minimum absolute atomic E-state index is 0.0952. The average molecular weight is 525 g/mol. The number of hydrogen-bond acceptors (Lipinski definition) is 4. The lowest BCUT2D eigenvalue weighted by atomic mass is 9.44. The van der Waals surface area contributed by atoms with Gasteiger partial charge in [-0.2, -0.15) is 0 Å². The molecular weight excluding hydrogens is 476 g/mol. The van der Waals surface area contributed by atoms with Gasteiger partial charge in [0, 0.05) is 30.1 Å². The first-order valence-corrected chi connectivity index (χ1v) is 14.5. The van der Waals surface area contributed by atoms with Gasteiger partial charge >= 0.3 is 11.9 Å². The fraction of sp³-hybridized carbons (Fsp3) is 0.727. The molecule has 0 radical (unpaired) electrons. The van der Waals surface area contributed by atoms with E-state index < -0.39 is 18.0 Å². The number of hydrogen-bond donors (Lipinski definition) is 1. The van der Waals surface area contributed by atoms with Crippen LogP contribution < -0.4 is 0 Å². The molecule has 0 aromatic carbocycles. The van der Waals surface area contributed by atoms with Crippen LogP contribution in [0.5, 0.6) is 0 Å². The lowest BCUT2D eigenvalue weighted by Gasteiger charge is -2.59. The van der Waals surface area contributed by atoms with Gasteiger partial charge in [0.1, 0.15) is 11.9 Å². The molecule has 7 unspecified atom stereocenters. The van der Waals surface area contributed by atoms with Crippen LogP contribution in [0.25, 0.3) is 0 Å². The molecule has 5 heteroatoms. The Balaban J connectivity index is 1.79. The number of allylic oxidation sites excluding steroid dienone is 5. The molecule has 4 aliphatic rings. The van der Waals surface area contributed by atoms with Gasteiger partial charge in [0.25, 0.3) is 0 Å². The molecule has 210 valence electrons. The molecule has 1 N–H and O–H groups in total. The number of carboxylic acids is 1. The van der Waals surface area contributed by atoms with Crippen molar-refractivity contribution < 1.29 is 24.2 Å². The number of Topliss-reactive ketones (excluding diaryl/α,β-unsaturated/α-hetero) is 1. The maximum absolute atomic E-state index is 12.9. The van der Waals surface area contributed by atoms with Crippen molar-refractivity contribution >= 4 is 17.7 Å². The standard InChI is InChI=1S/C33H48O5/c1-19(2)20(3)10-11-22(29(36)37)28-25(38-21(4)34)18-33(9)24-12-13-26-30(5,6)27(35)15-16-31(26,7)23(24)14-17-32(28,33)8/h12,14,19,22,25-26,28H,3,10-11,13,15-18H2,1-2,4-9H3,(H,36,37). The lowest BCUT2D eigenvalue weighted by Crippen LogP contribution is -2.53. The van der Waals surface area contributed by atoms with E-state index in [0.29, 0.717) is 37.4 Å². The van der Waals surface area contributed by atoms with Crippen molar-refractivity contribution in [3.63, 3.8) is 0 Å². The molecule has 38 heavy (non-hydrogen) atoms. The maximum Gasteiger partial charge on any atom is 0.306 e. The average Bonchev–Trinajstić information content (AvgIpc) is 3.03. The van der Waals surface area contributed by atoms with Crippen LogP contribution >= 0.6 is 0 Å². The van der Waals surface area contributed by atoms with Crippen molar-refractivity contribution in [2.45, 2.75) is 106 Å². The number of carbonyl (C=O) groups excluding carboxylic acids is 2. The van der Waals surface area contributed by atoms with E-state index >= 15 is 0 Å². The predicted molar refractivity (Wildman–Crippen MR) is 149 cm³/mol. The number of rotatable bonds is 7. The summed E-state index contributed by atoms with van der Waals surface area (Å²) in [5, 5.41) is 10.5. The van der Waals surface area contributed by atoms with Gasteiger partial charge < -0.3 is 9.84 Å². The number of fused-ring (bicyclic) bond motifs is 5. The van der Waals surface area contributed by atoms with E-state index in [-0.39, 0.29) is 39.5 Å². The maximum atomic E-state index is 12.9. The van der Waals surface area contributed by atoms with Gasteiger partial charge in [-0.15, -0.1) is 0 Å². The summed E-state index contributed by atoms with van der Waals surface area (Å²) in [4.78, 5) is 38.0. The van der Waals surface area contributed by atoms with E-state index in [9.17, 15) is 19.5 Å². The van der Waals surface area contributed by atoms with Crippen LogP contribution in [0.15, 0.2) is 35.5 Å². The summed E-state index contributed by atoms with van der Waals surface area (Å²) in [5.41, 5.74) is 2.52. The van der Waals surface area contributed by atoms with E-state index in [1.54, 1.807) is 0 Å². The zero-order valence-corrected chi connectivity index (χ0v) is 24.8. The SMILES string of the molecule is C=C(CCC(C(=O)O)C1C(OC(C)=O)CC2(C)C3=CCC4C(C)(C)C(=O)CCC4(C)C3=CCC12C)C(C)C. The number of carbonyl (C=O) groups is 3. The number of esters is 1. The molecule has 4 aliphatic carbocycles. The Kier molecular flexibility index (Phi) is 7.20. The van der Waals surface area contributed by atoms with Crippen molar-refractivity contribution in [1.82, 2.24) is 0 Å². The van der Waals surface area contributed by atoms with Crippen molar-refractivity contribution in [2.75, 3.05) is 0 Å². The highest BCUT2D eigenvalue weighted by molar-refractivity contribution is 5.86. The lowest BCUT2D eigenvalue weighted by molar-refractivity contribution is -0.158. The van der Waals surface area contributed by atoms with Crippen LogP contribution in [0.3, 0.4) is 0 Å². The third kappa shape index (κ3) is 4.14. The summed E-state index contributed by atoms with van der Waals surface area (Å²) in [7, 11) is 0. The van der Waals surface area contributed by atoms with Crippen LogP contribution in [0, 0.1) is 45.3 Å². The monoisotopic (exact) mass is 524 g/mol. The third-order valence-electron chi connectivity index (χ3n) is 11.7. The summed E-state index contributed by atoms with van der Waals surface area (Å²) in [6, 6.07) is 0. The summed E-state index contributed by atoms with van der Waals surface area (Å²) < 4.78 is 5.97. The van der Waals surface area contributed by atoms with E-state index in [1.165, 1.54) is 18.1 Å². The summed E-state index contributed by atoms with van der Waals surface area (Å²) in [6.45, 7) is 20.8. The first-order chi connectivity index (χ1) is 17.5. The number of carboxylic acid groups (broad SMARTS) is 1. The van der Waals surface area contributed by atoms with Gasteiger partial charge in [-0.3, -0.25) is 14.4 Å². The topological polar surface area (TPSA) is 80.7 Å². The highest BCUT2D eigenvalue weighted by Gasteiger charge is 2.67. The highest BCUT2D eigenvalue weighted by atomic mass is 16.5. The van der Waals surface area contributed by atoms with E-state index in [0.717, 1.165) is 24.8 Å². The molecule has 2 fully saturated rings. The molecule has 0 heterocycles. The first kappa shape index (κ1) is 28.8. The normalized spacial score (nSPS) is 38.3. The van der Waals surface area contributed by atoms with Gasteiger partial charge in [0.15, 0.2) is 0 Å². The molecule has 0 amide bonds. The van der Waals surface area contributed by atoms with Crippen molar-refractivity contribution in [3.05, 3.63) is 35.5 Å². The zero-order valence-electron chi connectivity index (χ0n) is 24.8. The van der Waals surface area contributed by atoms with E-state index in [2.05, 4.69) is 67.2 Å². The quantitative estimate of drug-likeness (QED) is 0.279. The van der Waals surface area contributed by atoms with Crippen LogP contribution in [0.4, 0.5) is 0 Å². The molecular formula is C33H48O5. The molecule has 4 rings (SSSR count). The largest absolute Gasteiger partial charge is 0.481 e. The van der Waals surface area contributed by atoms with E-state index in [4.69, 9.17) is 4.74 Å². The Hall–Kier alpha value is -2.17. The molecule has 2 saturated carbocycles. The molecule has 0 aliphatic heterocycles. The first-order valence-electron chi connectivity index (χ1n) is 14.5.